The number of thioether (sulfide) groups is 1. The zero-order valence-electron chi connectivity index (χ0n) is 24.7. The number of ether oxygens (including phenoxy) is 1. The molecule has 1 saturated heterocycles. The Balaban J connectivity index is 1.20. The van der Waals surface area contributed by atoms with Gasteiger partial charge < -0.3 is 9.72 Å². The molecule has 2 aliphatic carbocycles. The highest BCUT2D eigenvalue weighted by atomic mass is 32.2. The number of amides is 2. The van der Waals surface area contributed by atoms with Gasteiger partial charge in [-0.3, -0.25) is 39.5 Å². The Morgan fingerprint density at radius 3 is 2.23 bits per heavy atom. The number of H-pyrrole nitrogens is 1. The van der Waals surface area contributed by atoms with Crippen LogP contribution in [0.15, 0.2) is 76.6 Å². The number of rotatable bonds is 7. The lowest BCUT2D eigenvalue weighted by molar-refractivity contribution is -0.385. The number of non-ortho nitro benzene ring substituents is 2. The first-order chi connectivity index (χ1) is 22.6. The first kappa shape index (κ1) is 29.6. The number of hydrogen-bond acceptors (Lipinski definition) is 10. The van der Waals surface area contributed by atoms with Crippen LogP contribution in [-0.4, -0.2) is 31.9 Å². The molecule has 2 bridgehead atoms. The van der Waals surface area contributed by atoms with E-state index < -0.39 is 27.6 Å². The summed E-state index contributed by atoms with van der Waals surface area (Å²) in [6.07, 6.45) is 0.632. The number of nitro groups is 2. The first-order valence-corrected chi connectivity index (χ1v) is 16.8. The van der Waals surface area contributed by atoms with E-state index in [-0.39, 0.29) is 57.7 Å². The molecule has 8 rings (SSSR count). The number of anilines is 1. The van der Waals surface area contributed by atoms with Gasteiger partial charge in [0, 0.05) is 45.9 Å². The Morgan fingerprint density at radius 2 is 1.55 bits per heavy atom. The molecule has 12 nitrogen and oxygen atoms in total. The Hall–Kier alpha value is -4.82. The maximum atomic E-state index is 14.1. The minimum atomic E-state index is -0.611. The molecular formula is C33H26N4O8S2. The molecule has 3 fully saturated rings. The summed E-state index contributed by atoms with van der Waals surface area (Å²) < 4.78 is 6.34. The quantitative estimate of drug-likeness (QED) is 0.145. The average molecular weight is 671 g/mol. The molecule has 4 aromatic rings. The maximum Gasteiger partial charge on any atom is 0.305 e. The summed E-state index contributed by atoms with van der Waals surface area (Å²) in [5.41, 5.74) is 2.64. The van der Waals surface area contributed by atoms with Crippen molar-refractivity contribution in [3.63, 3.8) is 0 Å². The molecule has 0 spiro atoms. The van der Waals surface area contributed by atoms with Crippen molar-refractivity contribution in [2.45, 2.75) is 36.1 Å². The summed E-state index contributed by atoms with van der Waals surface area (Å²) in [5.74, 6) is -2.48. The SMILES string of the molecule is Cc1ccc(COc2ccc([N+](=O)[O-])cc2[C@H]2c3sc(=O)[nH]c3SC3C4CC(C5C(=O)N(c6ccc([N+](=O)[O-])cc6)C(=O)C45)C32)cc1. The van der Waals surface area contributed by atoms with Gasteiger partial charge in [0.05, 0.1) is 32.4 Å². The molecule has 3 heterocycles. The molecule has 3 aromatic carbocycles. The Kier molecular flexibility index (Phi) is 6.84. The predicted octanol–water partition coefficient (Wildman–Crippen LogP) is 5.82. The maximum absolute atomic E-state index is 14.1. The third-order valence-electron chi connectivity index (χ3n) is 10.1. The number of thiazole rings is 1. The number of aromatic nitrogens is 1. The molecule has 7 atom stereocenters. The third kappa shape index (κ3) is 4.60. The average Bonchev–Trinajstić information content (AvgIpc) is 3.79. The highest BCUT2D eigenvalue weighted by Crippen LogP contribution is 2.69. The van der Waals surface area contributed by atoms with E-state index in [1.165, 1.54) is 48.2 Å². The van der Waals surface area contributed by atoms with Crippen LogP contribution in [0, 0.1) is 56.7 Å². The van der Waals surface area contributed by atoms with Crippen molar-refractivity contribution in [3.8, 4) is 5.75 Å². The van der Waals surface area contributed by atoms with E-state index in [9.17, 15) is 34.6 Å². The topological polar surface area (TPSA) is 166 Å². The minimum absolute atomic E-state index is 0.112. The number of nitro benzene ring substituents is 2. The number of aryl methyl sites for hydroxylation is 1. The highest BCUT2D eigenvalue weighted by molar-refractivity contribution is 8.00. The number of hydrogen-bond donors (Lipinski definition) is 1. The van der Waals surface area contributed by atoms with Crippen molar-refractivity contribution in [3.05, 3.63) is 118 Å². The number of nitrogens with one attached hydrogen (secondary N) is 1. The zero-order chi connectivity index (χ0) is 32.7. The smallest absolute Gasteiger partial charge is 0.305 e. The minimum Gasteiger partial charge on any atom is -0.489 e. The molecule has 1 N–H and O–H groups in total. The molecular weight excluding hydrogens is 645 g/mol. The number of nitrogens with zero attached hydrogens (tertiary/aromatic N) is 3. The number of carbonyl (C=O) groups excluding carboxylic acids is 2. The number of carbonyl (C=O) groups is 2. The van der Waals surface area contributed by atoms with Gasteiger partial charge in [-0.2, -0.15) is 0 Å². The molecule has 4 aliphatic rings. The molecule has 2 saturated carbocycles. The predicted molar refractivity (Wildman–Crippen MR) is 173 cm³/mol. The molecule has 2 aliphatic heterocycles. The van der Waals surface area contributed by atoms with Crippen LogP contribution in [0.1, 0.15) is 33.9 Å². The van der Waals surface area contributed by atoms with Crippen LogP contribution < -0.4 is 14.5 Å². The van der Waals surface area contributed by atoms with Crippen LogP contribution >= 0.6 is 23.1 Å². The lowest BCUT2D eigenvalue weighted by atomic mass is 9.68. The number of benzene rings is 3. The lowest BCUT2D eigenvalue weighted by Crippen LogP contribution is -2.42. The number of imide groups is 1. The molecule has 47 heavy (non-hydrogen) atoms. The molecule has 6 unspecified atom stereocenters. The summed E-state index contributed by atoms with van der Waals surface area (Å²) in [7, 11) is 0. The van der Waals surface area contributed by atoms with Crippen LogP contribution in [0.3, 0.4) is 0 Å². The van der Waals surface area contributed by atoms with Crippen LogP contribution in [0.2, 0.25) is 0 Å². The van der Waals surface area contributed by atoms with E-state index in [2.05, 4.69) is 4.98 Å². The van der Waals surface area contributed by atoms with Gasteiger partial charge in [-0.25, -0.2) is 0 Å². The van der Waals surface area contributed by atoms with Gasteiger partial charge in [-0.15, -0.1) is 11.8 Å². The van der Waals surface area contributed by atoms with E-state index in [0.717, 1.165) is 32.2 Å². The third-order valence-corrected chi connectivity index (χ3v) is 12.7. The largest absolute Gasteiger partial charge is 0.489 e. The van der Waals surface area contributed by atoms with Crippen molar-refractivity contribution in [2.24, 2.45) is 29.6 Å². The summed E-state index contributed by atoms with van der Waals surface area (Å²) in [4.78, 5) is 67.5. The Morgan fingerprint density at radius 1 is 0.894 bits per heavy atom. The molecule has 0 radical (unpaired) electrons. The van der Waals surface area contributed by atoms with E-state index >= 15 is 0 Å². The zero-order valence-corrected chi connectivity index (χ0v) is 26.4. The van der Waals surface area contributed by atoms with E-state index in [4.69, 9.17) is 4.74 Å². The second-order valence-corrected chi connectivity index (χ2v) is 14.7. The van der Waals surface area contributed by atoms with E-state index in [1.54, 1.807) is 6.07 Å². The van der Waals surface area contributed by atoms with Crippen molar-refractivity contribution < 1.29 is 24.2 Å². The van der Waals surface area contributed by atoms with Gasteiger partial charge in [-0.05, 0) is 54.9 Å². The van der Waals surface area contributed by atoms with Gasteiger partial charge in [0.15, 0.2) is 0 Å². The van der Waals surface area contributed by atoms with Gasteiger partial charge >= 0.3 is 4.87 Å². The molecule has 238 valence electrons. The van der Waals surface area contributed by atoms with E-state index in [0.29, 0.717) is 28.4 Å². The van der Waals surface area contributed by atoms with Crippen molar-refractivity contribution in [1.29, 1.82) is 0 Å². The second kappa shape index (κ2) is 10.9. The van der Waals surface area contributed by atoms with Gasteiger partial charge in [0.1, 0.15) is 12.4 Å². The van der Waals surface area contributed by atoms with Crippen molar-refractivity contribution >= 4 is 52.0 Å². The monoisotopic (exact) mass is 670 g/mol. The fraction of sp³-hybridized carbons (Fsp3) is 0.303. The fourth-order valence-electron chi connectivity index (χ4n) is 8.21. The normalized spacial score (nSPS) is 27.0. The van der Waals surface area contributed by atoms with Gasteiger partial charge in [-0.1, -0.05) is 41.2 Å². The van der Waals surface area contributed by atoms with Crippen LogP contribution in [0.25, 0.3) is 0 Å². The lowest BCUT2D eigenvalue weighted by Gasteiger charge is -2.43. The Bertz CT molecular complexity index is 2040. The van der Waals surface area contributed by atoms with Crippen LogP contribution in [0.4, 0.5) is 17.1 Å². The fourth-order valence-corrected chi connectivity index (χ4v) is 11.1. The van der Waals surface area contributed by atoms with E-state index in [1.807, 2.05) is 31.2 Å². The molecule has 14 heteroatoms. The molecule has 2 amide bonds. The van der Waals surface area contributed by atoms with Crippen molar-refractivity contribution in [1.82, 2.24) is 4.98 Å². The van der Waals surface area contributed by atoms with Gasteiger partial charge in [0.25, 0.3) is 11.4 Å². The second-order valence-electron chi connectivity index (χ2n) is 12.5. The number of fused-ring (bicyclic) bond motifs is 9. The highest BCUT2D eigenvalue weighted by Gasteiger charge is 2.70. The summed E-state index contributed by atoms with van der Waals surface area (Å²) in [5, 5.41) is 23.7. The standard InChI is InChI=1S/C33H26N4O8S2/c1-15-2-4-16(5-3-15)14-45-23-11-10-19(37(43)44)12-20(23)24-25-21-13-22(28(25)46-30-29(24)47-33(40)34-30)27-26(21)31(38)35(32(27)39)17-6-8-18(9-7-17)36(41)42/h2-12,21-22,24-28H,13-14H2,1H3,(H,34,40)/t21?,22?,24-,25?,26?,27?,28?/m1/s1. The van der Waals surface area contributed by atoms with Crippen LogP contribution in [-0.2, 0) is 16.2 Å². The Labute approximate surface area is 275 Å². The van der Waals surface area contributed by atoms with Crippen molar-refractivity contribution in [2.75, 3.05) is 4.90 Å². The summed E-state index contributed by atoms with van der Waals surface area (Å²) >= 11 is 2.58. The first-order valence-electron chi connectivity index (χ1n) is 15.1. The molecule has 1 aromatic heterocycles. The van der Waals surface area contributed by atoms with Crippen LogP contribution in [0.5, 0.6) is 5.75 Å². The summed E-state index contributed by atoms with van der Waals surface area (Å²) in [6, 6.07) is 17.8. The van der Waals surface area contributed by atoms with Gasteiger partial charge in [0.2, 0.25) is 11.8 Å². The summed E-state index contributed by atoms with van der Waals surface area (Å²) in [6.45, 7) is 2.22. The number of aromatic amines is 1.